The maximum Gasteiger partial charge on any atom is 0.306 e. The summed E-state index contributed by atoms with van der Waals surface area (Å²) in [5.41, 5.74) is 0. The first-order valence-electron chi connectivity index (χ1n) is 15.2. The lowest BCUT2D eigenvalue weighted by molar-refractivity contribution is -0.150. The highest BCUT2D eigenvalue weighted by Crippen LogP contribution is 2.17. The molecule has 1 atom stereocenters. The number of hydrogen-bond donors (Lipinski definition) is 1. The van der Waals surface area contributed by atoms with Crippen molar-refractivity contribution in [3.05, 3.63) is 12.2 Å². The smallest absolute Gasteiger partial charge is 0.306 e. The molecule has 0 amide bonds. The van der Waals surface area contributed by atoms with Crippen molar-refractivity contribution in [3.8, 4) is 0 Å². The van der Waals surface area contributed by atoms with Gasteiger partial charge in [0, 0.05) is 12.8 Å². The minimum atomic E-state index is -0.681. The molecule has 4 nitrogen and oxygen atoms in total. The number of aliphatic carboxylic acids is 1. The van der Waals surface area contributed by atoms with E-state index in [1.807, 2.05) is 0 Å². The van der Waals surface area contributed by atoms with Gasteiger partial charge in [-0.1, -0.05) is 116 Å². The third-order valence-electron chi connectivity index (χ3n) is 6.74. The highest BCUT2D eigenvalue weighted by atomic mass is 16.5. The Morgan fingerprint density at radius 1 is 0.600 bits per heavy atom. The molecule has 0 aliphatic rings. The van der Waals surface area contributed by atoms with Crippen molar-refractivity contribution in [2.24, 2.45) is 0 Å². The molecule has 1 unspecified atom stereocenters. The lowest BCUT2D eigenvalue weighted by atomic mass is 10.0. The van der Waals surface area contributed by atoms with Gasteiger partial charge in [0.15, 0.2) is 0 Å². The highest BCUT2D eigenvalue weighted by molar-refractivity contribution is 5.69. The van der Waals surface area contributed by atoms with Gasteiger partial charge in [-0.05, 0) is 51.4 Å². The van der Waals surface area contributed by atoms with Crippen molar-refractivity contribution in [1.29, 1.82) is 0 Å². The van der Waals surface area contributed by atoms with E-state index in [4.69, 9.17) is 9.84 Å². The van der Waals surface area contributed by atoms with Crippen LogP contribution in [0.15, 0.2) is 12.2 Å². The molecule has 0 aliphatic heterocycles. The average molecular weight is 495 g/mol. The van der Waals surface area contributed by atoms with Crippen LogP contribution in [0.25, 0.3) is 0 Å². The second-order valence-electron chi connectivity index (χ2n) is 10.3. The molecule has 0 radical (unpaired) electrons. The number of esters is 1. The molecule has 0 aromatic heterocycles. The Labute approximate surface area is 217 Å². The maximum absolute atomic E-state index is 12.3. The SMILES string of the molecule is CCCC/C=C\CCCCCCCC(=O)OC(CCCC)CCCCCCCCCCCC(=O)O. The van der Waals surface area contributed by atoms with Gasteiger partial charge in [-0.3, -0.25) is 9.59 Å². The Morgan fingerprint density at radius 2 is 1.06 bits per heavy atom. The topological polar surface area (TPSA) is 63.6 Å². The van der Waals surface area contributed by atoms with E-state index in [1.54, 1.807) is 0 Å². The molecule has 0 spiro atoms. The van der Waals surface area contributed by atoms with E-state index in [0.717, 1.165) is 64.2 Å². The van der Waals surface area contributed by atoms with Gasteiger partial charge in [-0.2, -0.15) is 0 Å². The predicted molar refractivity (Wildman–Crippen MR) is 149 cm³/mol. The molecule has 35 heavy (non-hydrogen) atoms. The van der Waals surface area contributed by atoms with E-state index >= 15 is 0 Å². The summed E-state index contributed by atoms with van der Waals surface area (Å²) in [5.74, 6) is -0.673. The molecule has 0 aromatic carbocycles. The van der Waals surface area contributed by atoms with Crippen LogP contribution >= 0.6 is 0 Å². The van der Waals surface area contributed by atoms with Crippen molar-refractivity contribution >= 4 is 11.9 Å². The van der Waals surface area contributed by atoms with E-state index in [1.165, 1.54) is 77.0 Å². The van der Waals surface area contributed by atoms with Crippen LogP contribution < -0.4 is 0 Å². The molecule has 0 bridgehead atoms. The standard InChI is InChI=1S/C31H58O4/c1-3-5-7-8-9-10-11-15-18-21-24-28-31(34)35-29(25-6-4-2)26-22-19-16-13-12-14-17-20-23-27-30(32)33/h8-9,29H,3-7,10-28H2,1-2H3,(H,32,33)/b9-8-. The second kappa shape index (κ2) is 27.3. The molecule has 0 fully saturated rings. The number of carboxylic acid groups (broad SMARTS) is 1. The molecular formula is C31H58O4. The van der Waals surface area contributed by atoms with Crippen LogP contribution in [-0.2, 0) is 14.3 Å². The summed E-state index contributed by atoms with van der Waals surface area (Å²) in [6.45, 7) is 4.43. The lowest BCUT2D eigenvalue weighted by Crippen LogP contribution is -2.18. The maximum atomic E-state index is 12.3. The summed E-state index contributed by atoms with van der Waals surface area (Å²) in [4.78, 5) is 22.8. The second-order valence-corrected chi connectivity index (χ2v) is 10.3. The van der Waals surface area contributed by atoms with E-state index in [2.05, 4.69) is 26.0 Å². The summed E-state index contributed by atoms with van der Waals surface area (Å²) in [7, 11) is 0. The number of hydrogen-bond acceptors (Lipinski definition) is 3. The molecule has 0 aromatic rings. The van der Waals surface area contributed by atoms with Crippen LogP contribution in [0.4, 0.5) is 0 Å². The van der Waals surface area contributed by atoms with Gasteiger partial charge in [-0.25, -0.2) is 0 Å². The summed E-state index contributed by atoms with van der Waals surface area (Å²) in [6.07, 6.45) is 31.1. The third-order valence-corrected chi connectivity index (χ3v) is 6.74. The monoisotopic (exact) mass is 494 g/mol. The first kappa shape index (κ1) is 33.7. The van der Waals surface area contributed by atoms with Gasteiger partial charge in [0.05, 0.1) is 0 Å². The van der Waals surface area contributed by atoms with Gasteiger partial charge in [-0.15, -0.1) is 0 Å². The number of carboxylic acids is 1. The zero-order valence-electron chi connectivity index (χ0n) is 23.4. The Kier molecular flexibility index (Phi) is 26.2. The van der Waals surface area contributed by atoms with Gasteiger partial charge in [0.1, 0.15) is 6.10 Å². The number of carbonyl (C=O) groups excluding carboxylic acids is 1. The molecular weight excluding hydrogens is 436 g/mol. The number of carbonyl (C=O) groups is 2. The van der Waals surface area contributed by atoms with Gasteiger partial charge in [0.2, 0.25) is 0 Å². The minimum absolute atomic E-state index is 0.00728. The van der Waals surface area contributed by atoms with E-state index in [9.17, 15) is 9.59 Å². The van der Waals surface area contributed by atoms with Crippen LogP contribution in [0.1, 0.15) is 168 Å². The fourth-order valence-electron chi connectivity index (χ4n) is 4.44. The fraction of sp³-hybridized carbons (Fsp3) is 0.871. The largest absolute Gasteiger partial charge is 0.481 e. The van der Waals surface area contributed by atoms with E-state index in [0.29, 0.717) is 12.8 Å². The normalized spacial score (nSPS) is 12.3. The van der Waals surface area contributed by atoms with Crippen LogP contribution in [0, 0.1) is 0 Å². The number of unbranched alkanes of at least 4 members (excludes halogenated alkanes) is 16. The minimum Gasteiger partial charge on any atom is -0.481 e. The summed E-state index contributed by atoms with van der Waals surface area (Å²) < 4.78 is 5.85. The summed E-state index contributed by atoms with van der Waals surface area (Å²) >= 11 is 0. The first-order valence-corrected chi connectivity index (χ1v) is 15.2. The Bertz CT molecular complexity index is 500. The lowest BCUT2D eigenvalue weighted by Gasteiger charge is -2.18. The Balaban J connectivity index is 3.72. The third kappa shape index (κ3) is 27.1. The predicted octanol–water partition coefficient (Wildman–Crippen LogP) is 9.94. The molecule has 0 saturated carbocycles. The van der Waals surface area contributed by atoms with E-state index < -0.39 is 5.97 Å². The van der Waals surface area contributed by atoms with Crippen molar-refractivity contribution in [1.82, 2.24) is 0 Å². The molecule has 1 N–H and O–H groups in total. The number of ether oxygens (including phenoxy) is 1. The van der Waals surface area contributed by atoms with E-state index in [-0.39, 0.29) is 12.1 Å². The van der Waals surface area contributed by atoms with Crippen molar-refractivity contribution in [2.75, 3.05) is 0 Å². The quantitative estimate of drug-likeness (QED) is 0.0701. The zero-order valence-corrected chi connectivity index (χ0v) is 23.4. The first-order chi connectivity index (χ1) is 17.1. The molecule has 206 valence electrons. The van der Waals surface area contributed by atoms with Crippen molar-refractivity contribution < 1.29 is 19.4 Å². The average Bonchev–Trinajstić information content (AvgIpc) is 2.83. The molecule has 0 rings (SSSR count). The van der Waals surface area contributed by atoms with Crippen molar-refractivity contribution in [3.63, 3.8) is 0 Å². The van der Waals surface area contributed by atoms with Crippen LogP contribution in [-0.4, -0.2) is 23.1 Å². The Hall–Kier alpha value is -1.32. The highest BCUT2D eigenvalue weighted by Gasteiger charge is 2.13. The fourth-order valence-corrected chi connectivity index (χ4v) is 4.44. The summed E-state index contributed by atoms with van der Waals surface area (Å²) in [5, 5.41) is 8.65. The molecule has 0 saturated heterocycles. The van der Waals surface area contributed by atoms with Crippen LogP contribution in [0.2, 0.25) is 0 Å². The van der Waals surface area contributed by atoms with Crippen molar-refractivity contribution in [2.45, 2.75) is 174 Å². The number of allylic oxidation sites excluding steroid dienone is 2. The Morgan fingerprint density at radius 3 is 1.63 bits per heavy atom. The number of rotatable bonds is 27. The van der Waals surface area contributed by atoms with Crippen LogP contribution in [0.5, 0.6) is 0 Å². The zero-order chi connectivity index (χ0) is 25.8. The van der Waals surface area contributed by atoms with Gasteiger partial charge >= 0.3 is 11.9 Å². The molecule has 0 aliphatic carbocycles. The van der Waals surface area contributed by atoms with Gasteiger partial charge < -0.3 is 9.84 Å². The molecule has 0 heterocycles. The van der Waals surface area contributed by atoms with Crippen LogP contribution in [0.3, 0.4) is 0 Å². The summed E-state index contributed by atoms with van der Waals surface area (Å²) in [6, 6.07) is 0. The molecule has 4 heteroatoms. The van der Waals surface area contributed by atoms with Gasteiger partial charge in [0.25, 0.3) is 0 Å².